The summed E-state index contributed by atoms with van der Waals surface area (Å²) in [6, 6.07) is 6.73. The van der Waals surface area contributed by atoms with Gasteiger partial charge in [0.25, 0.3) is 0 Å². The first-order chi connectivity index (χ1) is 17.7. The molecule has 2 aromatic carbocycles. The predicted octanol–water partition coefficient (Wildman–Crippen LogP) is 4.32. The molecule has 1 fully saturated rings. The summed E-state index contributed by atoms with van der Waals surface area (Å²) in [5, 5.41) is 7.72. The maximum Gasteiger partial charge on any atom is 0.243 e. The molecule has 2 heterocycles. The monoisotopic (exact) mass is 543 g/mol. The molecule has 2 unspecified atom stereocenters. The third-order valence-electron chi connectivity index (χ3n) is 6.33. The van der Waals surface area contributed by atoms with Crippen LogP contribution >= 0.6 is 23.2 Å². The number of hydrogen-bond acceptors (Lipinski definition) is 7. The van der Waals surface area contributed by atoms with Crippen molar-refractivity contribution in [3.8, 4) is 22.6 Å². The van der Waals surface area contributed by atoms with E-state index in [1.807, 2.05) is 18.2 Å². The number of methoxy groups -OCH3 is 2. The molecule has 0 spiro atoms. The topological polar surface area (TPSA) is 106 Å². The number of nitrogens with one attached hydrogen (secondary N) is 2. The first-order valence-electron chi connectivity index (χ1n) is 11.6. The second-order valence-electron chi connectivity index (χ2n) is 8.58. The fourth-order valence-corrected chi connectivity index (χ4v) is 5.08. The molecule has 2 atom stereocenters. The van der Waals surface area contributed by atoms with Crippen LogP contribution < -0.4 is 20.1 Å². The Bertz CT molecular complexity index is 1340. The molecule has 194 valence electrons. The summed E-state index contributed by atoms with van der Waals surface area (Å²) in [5.74, 6) is 0.968. The normalized spacial score (nSPS) is 17.3. The fraction of sp³-hybridized carbons (Fsp3) is 0.308. The number of fused-ring (bicyclic) bond motifs is 1. The van der Waals surface area contributed by atoms with Gasteiger partial charge in [-0.05, 0) is 30.2 Å². The van der Waals surface area contributed by atoms with Gasteiger partial charge in [-0.1, -0.05) is 35.8 Å². The molecule has 11 heteroatoms. The van der Waals surface area contributed by atoms with Gasteiger partial charge in [-0.3, -0.25) is 9.59 Å². The minimum Gasteiger partial charge on any atom is -0.495 e. The molecule has 1 saturated heterocycles. The van der Waals surface area contributed by atoms with Crippen molar-refractivity contribution < 1.29 is 19.1 Å². The van der Waals surface area contributed by atoms with Crippen LogP contribution in [0.3, 0.4) is 0 Å². The number of amides is 2. The lowest BCUT2D eigenvalue weighted by Crippen LogP contribution is -2.57. The van der Waals surface area contributed by atoms with Crippen molar-refractivity contribution in [3.63, 3.8) is 0 Å². The number of nitrogens with zero attached hydrogens (tertiary/aromatic N) is 3. The Balaban J connectivity index is 1.64. The molecule has 4 rings (SSSR count). The quantitative estimate of drug-likeness (QED) is 0.427. The molecular formula is C26H27Cl2N5O4. The van der Waals surface area contributed by atoms with Gasteiger partial charge in [0.15, 0.2) is 0 Å². The molecule has 2 N–H and O–H groups in total. The van der Waals surface area contributed by atoms with E-state index in [1.54, 1.807) is 17.2 Å². The zero-order chi connectivity index (χ0) is 26.7. The maximum atomic E-state index is 12.0. The van der Waals surface area contributed by atoms with Crippen LogP contribution in [-0.4, -0.2) is 66.1 Å². The number of anilines is 1. The van der Waals surface area contributed by atoms with Gasteiger partial charge in [-0.2, -0.15) is 0 Å². The summed E-state index contributed by atoms with van der Waals surface area (Å²) in [6.45, 7) is 6.01. The number of ether oxygens (including phenoxy) is 2. The highest BCUT2D eigenvalue weighted by Gasteiger charge is 2.31. The minimum atomic E-state index is -0.278. The number of carbonyl (C=O) groups is 2. The standard InChI is InChI=1S/C26H27Cl2N5O4/c1-5-22(35)30-18-8-9-33(14(2)34)13-19(18)32-26-29-12-16-10-15(6-7-17(16)31-26)23-24(27)20(36-3)11-21(37-4)25(23)28/h5-7,10-12,18-19H,1,8-9,13H2,2-4H3,(H,30,35)(H,29,31,32). The number of carbonyl (C=O) groups excluding carboxylic acids is 2. The van der Waals surface area contributed by atoms with Crippen LogP contribution in [0.2, 0.25) is 10.0 Å². The summed E-state index contributed by atoms with van der Waals surface area (Å²) < 4.78 is 10.8. The first kappa shape index (κ1) is 26.5. The number of halogens is 2. The van der Waals surface area contributed by atoms with E-state index in [0.29, 0.717) is 58.1 Å². The van der Waals surface area contributed by atoms with Crippen LogP contribution in [0, 0.1) is 0 Å². The lowest BCUT2D eigenvalue weighted by atomic mass is 9.99. The average Bonchev–Trinajstić information content (AvgIpc) is 2.89. The Hall–Kier alpha value is -3.56. The Morgan fingerprint density at radius 2 is 1.84 bits per heavy atom. The molecule has 3 aromatic rings. The Morgan fingerprint density at radius 1 is 1.14 bits per heavy atom. The molecule has 0 radical (unpaired) electrons. The molecule has 0 bridgehead atoms. The van der Waals surface area contributed by atoms with Gasteiger partial charge in [0, 0.05) is 43.2 Å². The smallest absolute Gasteiger partial charge is 0.243 e. The summed E-state index contributed by atoms with van der Waals surface area (Å²) in [5.41, 5.74) is 2.02. The number of piperidine rings is 1. The number of rotatable bonds is 7. The van der Waals surface area contributed by atoms with Gasteiger partial charge in [-0.25, -0.2) is 9.97 Å². The number of hydrogen-bond donors (Lipinski definition) is 2. The molecule has 0 aliphatic carbocycles. The van der Waals surface area contributed by atoms with E-state index in [1.165, 1.54) is 27.2 Å². The Morgan fingerprint density at radius 3 is 2.46 bits per heavy atom. The van der Waals surface area contributed by atoms with Gasteiger partial charge >= 0.3 is 0 Å². The lowest BCUT2D eigenvalue weighted by Gasteiger charge is -2.38. The van der Waals surface area contributed by atoms with E-state index in [2.05, 4.69) is 27.2 Å². The van der Waals surface area contributed by atoms with E-state index in [-0.39, 0.29) is 23.9 Å². The molecule has 1 aromatic heterocycles. The van der Waals surface area contributed by atoms with E-state index in [9.17, 15) is 9.59 Å². The van der Waals surface area contributed by atoms with Crippen LogP contribution in [0.4, 0.5) is 5.95 Å². The van der Waals surface area contributed by atoms with Crippen molar-refractivity contribution in [1.29, 1.82) is 0 Å². The van der Waals surface area contributed by atoms with Gasteiger partial charge in [0.05, 0.1) is 41.9 Å². The highest BCUT2D eigenvalue weighted by atomic mass is 35.5. The van der Waals surface area contributed by atoms with Gasteiger partial charge < -0.3 is 25.0 Å². The maximum absolute atomic E-state index is 12.0. The number of likely N-dealkylation sites (tertiary alicyclic amines) is 1. The van der Waals surface area contributed by atoms with Gasteiger partial charge in [-0.15, -0.1) is 0 Å². The van der Waals surface area contributed by atoms with Crippen LogP contribution in [-0.2, 0) is 9.59 Å². The predicted molar refractivity (Wildman–Crippen MR) is 145 cm³/mol. The van der Waals surface area contributed by atoms with Crippen LogP contribution in [0.25, 0.3) is 22.0 Å². The summed E-state index contributed by atoms with van der Waals surface area (Å²) >= 11 is 13.2. The third kappa shape index (κ3) is 5.57. The van der Waals surface area contributed by atoms with E-state index in [4.69, 9.17) is 32.7 Å². The van der Waals surface area contributed by atoms with E-state index in [0.717, 1.165) is 10.9 Å². The number of benzene rings is 2. The largest absolute Gasteiger partial charge is 0.495 e. The second-order valence-corrected chi connectivity index (χ2v) is 9.33. The van der Waals surface area contributed by atoms with E-state index < -0.39 is 0 Å². The van der Waals surface area contributed by atoms with Crippen LogP contribution in [0.1, 0.15) is 13.3 Å². The summed E-state index contributed by atoms with van der Waals surface area (Å²) in [6.07, 6.45) is 3.52. The average molecular weight is 544 g/mol. The van der Waals surface area contributed by atoms with Crippen molar-refractivity contribution >= 4 is 51.9 Å². The SMILES string of the molecule is C=CC(=O)NC1CCN(C(C)=O)CC1Nc1ncc2cc(-c3c(Cl)c(OC)cc(OC)c3Cl)ccc2n1. The Labute approximate surface area is 224 Å². The zero-order valence-electron chi connectivity index (χ0n) is 20.7. The molecule has 1 aliphatic rings. The molecule has 9 nitrogen and oxygen atoms in total. The molecule has 2 amide bonds. The summed E-state index contributed by atoms with van der Waals surface area (Å²) in [4.78, 5) is 34.8. The van der Waals surface area contributed by atoms with Gasteiger partial charge in [0.2, 0.25) is 17.8 Å². The van der Waals surface area contributed by atoms with Crippen molar-refractivity contribution in [1.82, 2.24) is 20.2 Å². The highest BCUT2D eigenvalue weighted by molar-refractivity contribution is 6.41. The van der Waals surface area contributed by atoms with Crippen molar-refractivity contribution in [2.24, 2.45) is 0 Å². The lowest BCUT2D eigenvalue weighted by molar-refractivity contribution is -0.130. The summed E-state index contributed by atoms with van der Waals surface area (Å²) in [7, 11) is 3.05. The third-order valence-corrected chi connectivity index (χ3v) is 7.08. The number of aromatic nitrogens is 2. The molecule has 0 saturated carbocycles. The molecule has 1 aliphatic heterocycles. The Kier molecular flexibility index (Phi) is 8.04. The fourth-order valence-electron chi connectivity index (χ4n) is 4.36. The van der Waals surface area contributed by atoms with E-state index >= 15 is 0 Å². The molecule has 37 heavy (non-hydrogen) atoms. The molecular weight excluding hydrogens is 517 g/mol. The van der Waals surface area contributed by atoms with Gasteiger partial charge in [0.1, 0.15) is 11.5 Å². The van der Waals surface area contributed by atoms with Crippen molar-refractivity contribution in [2.45, 2.75) is 25.4 Å². The minimum absolute atomic E-state index is 0.0289. The highest BCUT2D eigenvalue weighted by Crippen LogP contribution is 2.46. The second kappa shape index (κ2) is 11.2. The van der Waals surface area contributed by atoms with Crippen LogP contribution in [0.15, 0.2) is 43.1 Å². The zero-order valence-corrected chi connectivity index (χ0v) is 22.2. The van der Waals surface area contributed by atoms with Crippen molar-refractivity contribution in [3.05, 3.63) is 53.2 Å². The van der Waals surface area contributed by atoms with Crippen molar-refractivity contribution in [2.75, 3.05) is 32.6 Å². The first-order valence-corrected chi connectivity index (χ1v) is 12.3. The van der Waals surface area contributed by atoms with Crippen LogP contribution in [0.5, 0.6) is 11.5 Å².